The molecule has 1 aliphatic heterocycles. The van der Waals surface area contributed by atoms with Gasteiger partial charge in [-0.3, -0.25) is 14.2 Å². The number of allylic oxidation sites excluding steroid dienone is 1. The Kier molecular flexibility index (Phi) is 6.80. The lowest BCUT2D eigenvalue weighted by molar-refractivity contribution is -0.139. The second-order valence-electron chi connectivity index (χ2n) is 7.32. The van der Waals surface area contributed by atoms with Crippen molar-refractivity contribution in [3.8, 4) is 11.5 Å². The summed E-state index contributed by atoms with van der Waals surface area (Å²) in [5.41, 5.74) is 1.30. The molecule has 0 bridgehead atoms. The Morgan fingerprint density at radius 2 is 2.03 bits per heavy atom. The molecule has 176 valence electrons. The fourth-order valence-electron chi connectivity index (χ4n) is 3.67. The largest absolute Gasteiger partial charge is 0.493 e. The van der Waals surface area contributed by atoms with E-state index in [2.05, 4.69) is 4.99 Å². The van der Waals surface area contributed by atoms with Crippen molar-refractivity contribution in [2.75, 3.05) is 13.7 Å². The summed E-state index contributed by atoms with van der Waals surface area (Å²) in [7, 11) is 1.47. The van der Waals surface area contributed by atoms with Gasteiger partial charge < -0.3 is 14.2 Å². The van der Waals surface area contributed by atoms with Crippen LogP contribution in [0, 0.1) is 0 Å². The lowest BCUT2D eigenvalue weighted by atomic mass is 10.0. The van der Waals surface area contributed by atoms with Crippen molar-refractivity contribution in [3.05, 3.63) is 77.1 Å². The molecule has 3 heterocycles. The molecule has 0 fully saturated rings. The molecule has 0 spiro atoms. The predicted molar refractivity (Wildman–Crippen MR) is 129 cm³/mol. The number of esters is 2. The molecule has 0 saturated heterocycles. The van der Waals surface area contributed by atoms with Crippen LogP contribution in [0.2, 0.25) is 0 Å². The summed E-state index contributed by atoms with van der Waals surface area (Å²) in [5.74, 6) is -0.280. The fourth-order valence-corrected chi connectivity index (χ4v) is 5.54. The van der Waals surface area contributed by atoms with Crippen LogP contribution < -0.4 is 24.4 Å². The zero-order chi connectivity index (χ0) is 24.4. The molecule has 1 atom stereocenters. The van der Waals surface area contributed by atoms with Crippen LogP contribution in [0.3, 0.4) is 0 Å². The highest BCUT2D eigenvalue weighted by Gasteiger charge is 2.33. The molecular formula is C24H22N2O6S2. The van der Waals surface area contributed by atoms with Crippen molar-refractivity contribution in [1.82, 2.24) is 4.57 Å². The number of ether oxygens (including phenoxy) is 3. The molecule has 4 rings (SSSR count). The Labute approximate surface area is 203 Å². The average molecular weight is 499 g/mol. The van der Waals surface area contributed by atoms with E-state index in [-0.39, 0.29) is 12.2 Å². The van der Waals surface area contributed by atoms with E-state index in [1.165, 1.54) is 36.7 Å². The Hall–Kier alpha value is -3.50. The summed E-state index contributed by atoms with van der Waals surface area (Å²) in [6.45, 7) is 5.03. The zero-order valence-corrected chi connectivity index (χ0v) is 20.6. The highest BCUT2D eigenvalue weighted by Crippen LogP contribution is 2.33. The minimum Gasteiger partial charge on any atom is -0.493 e. The van der Waals surface area contributed by atoms with Crippen LogP contribution in [-0.4, -0.2) is 30.2 Å². The van der Waals surface area contributed by atoms with Gasteiger partial charge in [-0.2, -0.15) is 0 Å². The van der Waals surface area contributed by atoms with Crippen molar-refractivity contribution >= 4 is 40.7 Å². The summed E-state index contributed by atoms with van der Waals surface area (Å²) < 4.78 is 17.7. The smallest absolute Gasteiger partial charge is 0.338 e. The van der Waals surface area contributed by atoms with E-state index in [1.54, 1.807) is 42.7 Å². The van der Waals surface area contributed by atoms with E-state index in [1.807, 2.05) is 17.5 Å². The van der Waals surface area contributed by atoms with Crippen LogP contribution in [0.15, 0.2) is 56.8 Å². The first-order chi connectivity index (χ1) is 16.3. The Balaban J connectivity index is 1.86. The van der Waals surface area contributed by atoms with E-state index in [9.17, 15) is 14.4 Å². The van der Waals surface area contributed by atoms with Crippen molar-refractivity contribution in [3.63, 3.8) is 0 Å². The number of carbonyl (C=O) groups is 2. The Bertz CT molecular complexity index is 1460. The van der Waals surface area contributed by atoms with Crippen LogP contribution in [-0.2, 0) is 14.3 Å². The second-order valence-corrected chi connectivity index (χ2v) is 9.31. The number of benzene rings is 1. The van der Waals surface area contributed by atoms with Gasteiger partial charge in [-0.25, -0.2) is 9.79 Å². The van der Waals surface area contributed by atoms with Crippen LogP contribution >= 0.6 is 22.7 Å². The number of carbonyl (C=O) groups excluding carboxylic acids is 2. The number of thiazole rings is 1. The van der Waals surface area contributed by atoms with Gasteiger partial charge in [0.25, 0.3) is 5.56 Å². The molecule has 34 heavy (non-hydrogen) atoms. The second kappa shape index (κ2) is 9.78. The average Bonchev–Trinajstić information content (AvgIpc) is 3.42. The molecule has 1 aliphatic rings. The molecule has 0 amide bonds. The number of fused-ring (bicyclic) bond motifs is 1. The first kappa shape index (κ1) is 23.7. The van der Waals surface area contributed by atoms with Crippen LogP contribution in [0.25, 0.3) is 6.08 Å². The number of hydrogen-bond donors (Lipinski definition) is 0. The topological polar surface area (TPSA) is 96.2 Å². The summed E-state index contributed by atoms with van der Waals surface area (Å²) >= 11 is 2.70. The normalized spacial score (nSPS) is 15.5. The molecule has 10 heteroatoms. The van der Waals surface area contributed by atoms with Gasteiger partial charge >= 0.3 is 11.9 Å². The summed E-state index contributed by atoms with van der Waals surface area (Å²) in [6, 6.07) is 8.18. The molecule has 0 unspecified atom stereocenters. The van der Waals surface area contributed by atoms with Gasteiger partial charge in [-0.05, 0) is 49.1 Å². The molecule has 8 nitrogen and oxygen atoms in total. The first-order valence-corrected chi connectivity index (χ1v) is 12.1. The van der Waals surface area contributed by atoms with Crippen LogP contribution in [0.5, 0.6) is 11.5 Å². The van der Waals surface area contributed by atoms with Gasteiger partial charge in [-0.1, -0.05) is 23.5 Å². The van der Waals surface area contributed by atoms with Crippen LogP contribution in [0.4, 0.5) is 0 Å². The number of thiophene rings is 1. The zero-order valence-electron chi connectivity index (χ0n) is 19.0. The number of hydrogen-bond acceptors (Lipinski definition) is 9. The molecule has 0 N–H and O–H groups in total. The number of rotatable bonds is 6. The van der Waals surface area contributed by atoms with E-state index in [0.29, 0.717) is 37.7 Å². The number of methoxy groups -OCH3 is 1. The first-order valence-electron chi connectivity index (χ1n) is 10.4. The van der Waals surface area contributed by atoms with Gasteiger partial charge in [0, 0.05) is 11.8 Å². The van der Waals surface area contributed by atoms with Crippen molar-refractivity contribution < 1.29 is 23.8 Å². The highest BCUT2D eigenvalue weighted by atomic mass is 32.1. The van der Waals surface area contributed by atoms with Gasteiger partial charge in [-0.15, -0.1) is 11.3 Å². The molecule has 0 radical (unpaired) electrons. The van der Waals surface area contributed by atoms with Crippen molar-refractivity contribution in [2.45, 2.75) is 26.8 Å². The van der Waals surface area contributed by atoms with E-state index < -0.39 is 18.0 Å². The minimum atomic E-state index is -0.613. The van der Waals surface area contributed by atoms with Crippen molar-refractivity contribution in [1.29, 1.82) is 0 Å². The number of nitrogens with zero attached hydrogens (tertiary/aromatic N) is 2. The predicted octanol–water partition coefficient (Wildman–Crippen LogP) is 2.79. The maximum absolute atomic E-state index is 13.5. The standard InChI is InChI=1S/C24H22N2O6S2/c1-5-31-23(29)20-13(2)25-24-26(21(20)18-7-6-10-33-18)22(28)19(34-24)12-15-8-9-16(32-14(3)27)17(11-15)30-4/h6-12,21H,5H2,1-4H3/b19-12+/t21-/m0/s1. The molecule has 3 aromatic rings. The third-order valence-electron chi connectivity index (χ3n) is 5.07. The molecule has 0 aliphatic carbocycles. The Morgan fingerprint density at radius 1 is 1.24 bits per heavy atom. The number of aromatic nitrogens is 1. The summed E-state index contributed by atoms with van der Waals surface area (Å²) in [6.07, 6.45) is 1.72. The Morgan fingerprint density at radius 3 is 2.68 bits per heavy atom. The SMILES string of the molecule is CCOC(=O)C1=C(C)N=c2s/c(=C/c3ccc(OC(C)=O)c(OC)c3)c(=O)n2[C@H]1c1cccs1. The van der Waals surface area contributed by atoms with Gasteiger partial charge in [0.15, 0.2) is 16.3 Å². The quantitative estimate of drug-likeness (QED) is 0.383. The molecular weight excluding hydrogens is 476 g/mol. The van der Waals surface area contributed by atoms with Crippen molar-refractivity contribution in [2.24, 2.45) is 4.99 Å². The monoisotopic (exact) mass is 498 g/mol. The molecule has 0 saturated carbocycles. The molecule has 2 aromatic heterocycles. The lowest BCUT2D eigenvalue weighted by Gasteiger charge is -2.23. The minimum absolute atomic E-state index is 0.225. The van der Waals surface area contributed by atoms with Crippen LogP contribution in [0.1, 0.15) is 37.3 Å². The highest BCUT2D eigenvalue weighted by molar-refractivity contribution is 7.10. The van der Waals surface area contributed by atoms with Gasteiger partial charge in [0.1, 0.15) is 6.04 Å². The van der Waals surface area contributed by atoms with Gasteiger partial charge in [0.2, 0.25) is 0 Å². The summed E-state index contributed by atoms with van der Waals surface area (Å²) in [5, 5.41) is 1.90. The summed E-state index contributed by atoms with van der Waals surface area (Å²) in [4.78, 5) is 43.6. The van der Waals surface area contributed by atoms with Gasteiger partial charge in [0.05, 0.1) is 29.5 Å². The fraction of sp³-hybridized carbons (Fsp3) is 0.250. The maximum Gasteiger partial charge on any atom is 0.338 e. The van der Waals surface area contributed by atoms with E-state index >= 15 is 0 Å². The molecule has 1 aromatic carbocycles. The van der Waals surface area contributed by atoms with E-state index in [0.717, 1.165) is 4.88 Å². The third-order valence-corrected chi connectivity index (χ3v) is 6.98. The maximum atomic E-state index is 13.5. The third kappa shape index (κ3) is 4.46. The lowest BCUT2D eigenvalue weighted by Crippen LogP contribution is -2.39. The van der Waals surface area contributed by atoms with E-state index in [4.69, 9.17) is 14.2 Å².